The highest BCUT2D eigenvalue weighted by Crippen LogP contribution is 2.33. The fourth-order valence-electron chi connectivity index (χ4n) is 4.90. The fraction of sp³-hybridized carbons (Fsp3) is 0.407. The van der Waals surface area contributed by atoms with E-state index in [0.29, 0.717) is 12.5 Å². The standard InChI is InChI=1S/C19H18N2O.C8H15NO3/c1-2-4-16-14(3-1)15-7-9-20-18(19(15)21-16)13-5-6-17-12(11-13)8-10-22-17;1-5(2)4-7(8(11)12)9-6(3)10/h1-6,11,18,20-21H,7-10H2;5,7H,4H2,1-3H3,(H,9,10)(H,11,12)/t18-;7-/m01/s1. The number of para-hydroxylation sites is 1. The SMILES string of the molecule is CC(=O)N[C@H](CC(C)C)C(=O)[O-].c1ccc2c3c([nH]c2c1)[C@H](c1ccc2c(c1)CCO2)[NH2+]CC3. The predicted octanol–water partition coefficient (Wildman–Crippen LogP) is 1.60. The summed E-state index contributed by atoms with van der Waals surface area (Å²) in [5.74, 6) is -0.278. The van der Waals surface area contributed by atoms with Gasteiger partial charge in [-0.25, -0.2) is 0 Å². The maximum absolute atomic E-state index is 10.5. The van der Waals surface area contributed by atoms with E-state index in [-0.39, 0.29) is 11.8 Å². The van der Waals surface area contributed by atoms with Gasteiger partial charge in [-0.3, -0.25) is 4.79 Å². The summed E-state index contributed by atoms with van der Waals surface area (Å²) in [4.78, 5) is 24.7. The Kier molecular flexibility index (Phi) is 7.22. The molecule has 2 aliphatic heterocycles. The summed E-state index contributed by atoms with van der Waals surface area (Å²) in [5.41, 5.74) is 6.88. The lowest BCUT2D eigenvalue weighted by Gasteiger charge is -2.22. The summed E-state index contributed by atoms with van der Waals surface area (Å²) in [7, 11) is 0. The van der Waals surface area contributed by atoms with Crippen LogP contribution in [0.15, 0.2) is 42.5 Å². The third-order valence-electron chi connectivity index (χ3n) is 6.40. The molecule has 34 heavy (non-hydrogen) atoms. The van der Waals surface area contributed by atoms with Crippen molar-refractivity contribution < 1.29 is 24.7 Å². The maximum atomic E-state index is 10.5. The first kappa shape index (κ1) is 23.8. The van der Waals surface area contributed by atoms with Gasteiger partial charge in [0.15, 0.2) is 6.04 Å². The van der Waals surface area contributed by atoms with Gasteiger partial charge >= 0.3 is 0 Å². The fourth-order valence-corrected chi connectivity index (χ4v) is 4.90. The minimum absolute atomic E-state index is 0.222. The number of hydrogen-bond acceptors (Lipinski definition) is 4. The maximum Gasteiger partial charge on any atom is 0.217 e. The van der Waals surface area contributed by atoms with Crippen molar-refractivity contribution >= 4 is 22.8 Å². The van der Waals surface area contributed by atoms with E-state index >= 15 is 0 Å². The lowest BCUT2D eigenvalue weighted by Crippen LogP contribution is -2.87. The summed E-state index contributed by atoms with van der Waals surface area (Å²) in [5, 5.41) is 16.6. The van der Waals surface area contributed by atoms with E-state index in [1.165, 1.54) is 40.2 Å². The number of nitrogens with one attached hydrogen (secondary N) is 2. The van der Waals surface area contributed by atoms with Crippen molar-refractivity contribution in [3.05, 3.63) is 64.8 Å². The molecule has 3 heterocycles. The van der Waals surface area contributed by atoms with Crippen molar-refractivity contribution in [1.82, 2.24) is 10.3 Å². The molecule has 0 aliphatic carbocycles. The van der Waals surface area contributed by atoms with Crippen LogP contribution in [0.2, 0.25) is 0 Å². The topological polar surface area (TPSA) is 111 Å². The van der Waals surface area contributed by atoms with Gasteiger partial charge in [0.05, 0.1) is 30.9 Å². The van der Waals surface area contributed by atoms with Gasteiger partial charge in [0.25, 0.3) is 0 Å². The van der Waals surface area contributed by atoms with Crippen molar-refractivity contribution in [2.24, 2.45) is 5.92 Å². The largest absolute Gasteiger partial charge is 0.548 e. The normalized spacial score (nSPS) is 17.2. The Morgan fingerprint density at radius 2 is 2.00 bits per heavy atom. The number of quaternary nitrogens is 1. The van der Waals surface area contributed by atoms with Crippen LogP contribution in [0.5, 0.6) is 5.75 Å². The Hall–Kier alpha value is -3.32. The third-order valence-corrected chi connectivity index (χ3v) is 6.40. The van der Waals surface area contributed by atoms with Crippen LogP contribution in [-0.2, 0) is 22.4 Å². The van der Waals surface area contributed by atoms with E-state index in [1.54, 1.807) is 0 Å². The first-order valence-corrected chi connectivity index (χ1v) is 12.0. The number of benzene rings is 2. The molecular formula is C27H33N3O4. The minimum Gasteiger partial charge on any atom is -0.548 e. The zero-order valence-corrected chi connectivity index (χ0v) is 20.0. The second kappa shape index (κ2) is 10.3. The number of hydrogen-bond donors (Lipinski definition) is 3. The molecule has 180 valence electrons. The summed E-state index contributed by atoms with van der Waals surface area (Å²) in [6.45, 7) is 7.03. The highest BCUT2D eigenvalue weighted by atomic mass is 16.5. The van der Waals surface area contributed by atoms with Crippen LogP contribution in [0.3, 0.4) is 0 Å². The van der Waals surface area contributed by atoms with E-state index < -0.39 is 12.0 Å². The smallest absolute Gasteiger partial charge is 0.217 e. The monoisotopic (exact) mass is 463 g/mol. The lowest BCUT2D eigenvalue weighted by molar-refractivity contribution is -0.690. The Morgan fingerprint density at radius 3 is 2.74 bits per heavy atom. The Balaban J connectivity index is 0.000000197. The third kappa shape index (κ3) is 5.25. The highest BCUT2D eigenvalue weighted by Gasteiger charge is 2.29. The Bertz CT molecular complexity index is 1180. The van der Waals surface area contributed by atoms with Crippen LogP contribution in [0, 0.1) is 5.92 Å². The number of carbonyl (C=O) groups is 2. The van der Waals surface area contributed by atoms with Gasteiger partial charge in [0.2, 0.25) is 5.91 Å². The molecule has 0 saturated heterocycles. The molecule has 0 saturated carbocycles. The van der Waals surface area contributed by atoms with Crippen molar-refractivity contribution in [3.63, 3.8) is 0 Å². The highest BCUT2D eigenvalue weighted by molar-refractivity contribution is 5.85. The minimum atomic E-state index is -1.22. The van der Waals surface area contributed by atoms with E-state index in [2.05, 4.69) is 58.1 Å². The molecule has 2 atom stereocenters. The molecule has 2 aromatic carbocycles. The van der Waals surface area contributed by atoms with Crippen LogP contribution in [0.25, 0.3) is 10.9 Å². The molecule has 2 aliphatic rings. The molecule has 0 radical (unpaired) electrons. The van der Waals surface area contributed by atoms with Crippen LogP contribution in [0.4, 0.5) is 0 Å². The van der Waals surface area contributed by atoms with Gasteiger partial charge in [0.1, 0.15) is 5.75 Å². The predicted molar refractivity (Wildman–Crippen MR) is 128 cm³/mol. The summed E-state index contributed by atoms with van der Waals surface area (Å²) in [6, 6.07) is 14.9. The molecule has 5 rings (SSSR count). The average molecular weight is 464 g/mol. The second-order valence-electron chi connectivity index (χ2n) is 9.48. The molecule has 0 fully saturated rings. The van der Waals surface area contributed by atoms with Gasteiger partial charge in [-0.15, -0.1) is 0 Å². The molecule has 7 nitrogen and oxygen atoms in total. The van der Waals surface area contributed by atoms with E-state index in [0.717, 1.165) is 31.7 Å². The number of nitrogens with two attached hydrogens (primary N) is 1. The molecule has 1 aromatic heterocycles. The molecule has 3 aromatic rings. The molecule has 0 unspecified atom stereocenters. The van der Waals surface area contributed by atoms with Gasteiger partial charge < -0.3 is 30.3 Å². The first-order valence-electron chi connectivity index (χ1n) is 12.0. The van der Waals surface area contributed by atoms with E-state index in [1.807, 2.05) is 13.8 Å². The zero-order chi connectivity index (χ0) is 24.2. The number of fused-ring (bicyclic) bond motifs is 4. The number of aliphatic carboxylic acids is 1. The number of ether oxygens (including phenoxy) is 1. The van der Waals surface area contributed by atoms with E-state index in [9.17, 15) is 14.7 Å². The van der Waals surface area contributed by atoms with Gasteiger partial charge in [-0.2, -0.15) is 0 Å². The average Bonchev–Trinajstić information content (AvgIpc) is 3.42. The molecule has 7 heteroatoms. The number of carbonyl (C=O) groups excluding carboxylic acids is 2. The van der Waals surface area contributed by atoms with Gasteiger partial charge in [0, 0.05) is 36.2 Å². The number of aromatic amines is 1. The number of aromatic nitrogens is 1. The Labute approximate surface area is 199 Å². The second-order valence-corrected chi connectivity index (χ2v) is 9.48. The van der Waals surface area contributed by atoms with Crippen LogP contribution >= 0.6 is 0 Å². The van der Waals surface area contributed by atoms with Crippen molar-refractivity contribution in [2.45, 2.75) is 52.1 Å². The molecule has 0 spiro atoms. The molecule has 4 N–H and O–H groups in total. The van der Waals surface area contributed by atoms with E-state index in [4.69, 9.17) is 4.74 Å². The van der Waals surface area contributed by atoms with Gasteiger partial charge in [-0.1, -0.05) is 32.0 Å². The lowest BCUT2D eigenvalue weighted by atomic mass is 9.93. The van der Waals surface area contributed by atoms with Crippen molar-refractivity contribution in [1.29, 1.82) is 0 Å². The molecule has 1 amide bonds. The van der Waals surface area contributed by atoms with Gasteiger partial charge in [-0.05, 0) is 47.7 Å². The quantitative estimate of drug-likeness (QED) is 0.534. The molecule has 0 bridgehead atoms. The number of amides is 1. The number of carboxylic acid groups (broad SMARTS) is 1. The summed E-state index contributed by atoms with van der Waals surface area (Å²) < 4.78 is 5.64. The number of H-pyrrole nitrogens is 1. The number of carboxylic acids is 1. The van der Waals surface area contributed by atoms with Crippen LogP contribution < -0.4 is 20.5 Å². The first-order chi connectivity index (χ1) is 16.3. The Morgan fingerprint density at radius 1 is 1.21 bits per heavy atom. The van der Waals surface area contributed by atoms with Crippen molar-refractivity contribution in [2.75, 3.05) is 13.2 Å². The molecular weight excluding hydrogens is 430 g/mol. The number of rotatable bonds is 5. The van der Waals surface area contributed by atoms with Crippen molar-refractivity contribution in [3.8, 4) is 5.75 Å². The van der Waals surface area contributed by atoms with Crippen LogP contribution in [0.1, 0.15) is 55.6 Å². The summed E-state index contributed by atoms with van der Waals surface area (Å²) in [6.07, 6.45) is 2.58. The zero-order valence-electron chi connectivity index (χ0n) is 20.0. The van der Waals surface area contributed by atoms with Crippen LogP contribution in [-0.4, -0.2) is 36.1 Å². The summed E-state index contributed by atoms with van der Waals surface area (Å²) >= 11 is 0.